The zero-order valence-corrected chi connectivity index (χ0v) is 35.0. The van der Waals surface area contributed by atoms with Gasteiger partial charge in [0.05, 0.1) is 0 Å². The number of nitrogens with zero attached hydrogens (tertiary/aromatic N) is 1. The number of hydrogen-bond acceptors (Lipinski definition) is 1. The summed E-state index contributed by atoms with van der Waals surface area (Å²) in [6.45, 7) is 0. The Morgan fingerprint density at radius 2 is 0.790 bits per heavy atom. The third-order valence-electron chi connectivity index (χ3n) is 13.6. The molecule has 0 saturated heterocycles. The van der Waals surface area contributed by atoms with Crippen LogP contribution in [0.2, 0.25) is 0 Å². The molecular formula is C60H39NSi. The minimum atomic E-state index is -2.69. The minimum Gasteiger partial charge on any atom is -0.310 e. The molecule has 0 N–H and O–H groups in total. The van der Waals surface area contributed by atoms with Crippen molar-refractivity contribution in [1.82, 2.24) is 0 Å². The van der Waals surface area contributed by atoms with E-state index in [0.717, 1.165) is 17.1 Å². The Labute approximate surface area is 361 Å². The van der Waals surface area contributed by atoms with Crippen LogP contribution in [0.15, 0.2) is 237 Å². The first-order valence-corrected chi connectivity index (χ1v) is 23.6. The Balaban J connectivity index is 1.01. The molecule has 1 nitrogen and oxygen atoms in total. The van der Waals surface area contributed by atoms with Crippen molar-refractivity contribution < 1.29 is 0 Å². The van der Waals surface area contributed by atoms with Gasteiger partial charge >= 0.3 is 0 Å². The van der Waals surface area contributed by atoms with Crippen molar-refractivity contribution in [3.05, 3.63) is 237 Å². The third-order valence-corrected chi connectivity index (χ3v) is 18.4. The van der Waals surface area contributed by atoms with Gasteiger partial charge in [0, 0.05) is 17.1 Å². The quantitative estimate of drug-likeness (QED) is 0.120. The Hall–Kier alpha value is -7.78. The van der Waals surface area contributed by atoms with Crippen LogP contribution < -0.4 is 25.6 Å². The van der Waals surface area contributed by atoms with Gasteiger partial charge in [0.2, 0.25) is 0 Å². The van der Waals surface area contributed by atoms with E-state index < -0.39 is 8.07 Å². The van der Waals surface area contributed by atoms with Crippen molar-refractivity contribution in [3.63, 3.8) is 0 Å². The van der Waals surface area contributed by atoms with E-state index in [4.69, 9.17) is 0 Å². The molecule has 2 heteroatoms. The second kappa shape index (κ2) is 13.6. The minimum absolute atomic E-state index is 1.13. The molecule has 288 valence electrons. The summed E-state index contributed by atoms with van der Waals surface area (Å²) in [5, 5.41) is 18.5. The zero-order valence-electron chi connectivity index (χ0n) is 34.0. The van der Waals surface area contributed by atoms with E-state index in [1.165, 1.54) is 96.9 Å². The van der Waals surface area contributed by atoms with Crippen LogP contribution in [0.5, 0.6) is 0 Å². The van der Waals surface area contributed by atoms with Gasteiger partial charge < -0.3 is 4.90 Å². The summed E-state index contributed by atoms with van der Waals surface area (Å²) < 4.78 is 0. The number of anilines is 3. The van der Waals surface area contributed by atoms with E-state index in [9.17, 15) is 0 Å². The standard InChI is InChI=1S/C60H39NSi/c1-4-17-46(18-5-1)61(47-32-33-55-54-26-14-15-27-57(54)62(58(55)39-47,49-19-6-2-7-20-49)50-21-8-3-9-22-50)48-36-43-30-28-41-34-45(35-42-29-31-44(37-48)60(43)59(41)42)56-38-40-16-10-11-23-51(40)52-24-12-13-25-53(52)56/h1-39H. The molecule has 0 atom stereocenters. The Morgan fingerprint density at radius 3 is 1.45 bits per heavy atom. The van der Waals surface area contributed by atoms with E-state index in [0.29, 0.717) is 0 Å². The molecule has 0 radical (unpaired) electrons. The van der Waals surface area contributed by atoms with Crippen molar-refractivity contribution in [3.8, 4) is 22.3 Å². The highest BCUT2D eigenvalue weighted by atomic mass is 28.3. The van der Waals surface area contributed by atoms with Gasteiger partial charge in [0.25, 0.3) is 0 Å². The predicted octanol–water partition coefficient (Wildman–Crippen LogP) is 13.4. The summed E-state index contributed by atoms with van der Waals surface area (Å²) in [4.78, 5) is 2.47. The third kappa shape index (κ3) is 5.08. The molecule has 0 aliphatic carbocycles. The normalized spacial score (nSPS) is 13.0. The van der Waals surface area contributed by atoms with Gasteiger partial charge in [-0.05, 0) is 151 Å². The number of para-hydroxylation sites is 1. The van der Waals surface area contributed by atoms with Gasteiger partial charge in [-0.25, -0.2) is 0 Å². The number of fused-ring (bicyclic) bond motifs is 6. The molecule has 1 aliphatic rings. The van der Waals surface area contributed by atoms with Gasteiger partial charge in [0.15, 0.2) is 8.07 Å². The van der Waals surface area contributed by atoms with Crippen LogP contribution in [0.1, 0.15) is 0 Å². The van der Waals surface area contributed by atoms with Crippen LogP contribution in [0, 0.1) is 0 Å². The number of rotatable bonds is 6. The van der Waals surface area contributed by atoms with E-state index in [1.54, 1.807) is 0 Å². The molecule has 0 amide bonds. The Bertz CT molecular complexity index is 3580. The molecule has 12 aromatic rings. The molecule has 0 bridgehead atoms. The first-order valence-electron chi connectivity index (χ1n) is 21.6. The molecule has 62 heavy (non-hydrogen) atoms. The summed E-state index contributed by atoms with van der Waals surface area (Å²) in [5.74, 6) is 0. The molecule has 12 aromatic carbocycles. The molecule has 1 aliphatic heterocycles. The molecule has 1 heterocycles. The second-order valence-electron chi connectivity index (χ2n) is 16.8. The van der Waals surface area contributed by atoms with Crippen molar-refractivity contribution >= 4 is 99.7 Å². The number of benzene rings is 12. The largest absolute Gasteiger partial charge is 0.310 e. The van der Waals surface area contributed by atoms with E-state index in [1.807, 2.05) is 0 Å². The maximum absolute atomic E-state index is 2.69. The summed E-state index contributed by atoms with van der Waals surface area (Å²) in [5.41, 5.74) is 8.64. The highest BCUT2D eigenvalue weighted by molar-refractivity contribution is 7.22. The fourth-order valence-electron chi connectivity index (χ4n) is 11.0. The molecule has 0 unspecified atom stereocenters. The predicted molar refractivity (Wildman–Crippen MR) is 268 cm³/mol. The summed E-state index contributed by atoms with van der Waals surface area (Å²) >= 11 is 0. The lowest BCUT2D eigenvalue weighted by Crippen LogP contribution is -2.72. The van der Waals surface area contributed by atoms with Crippen molar-refractivity contribution in [1.29, 1.82) is 0 Å². The van der Waals surface area contributed by atoms with Crippen molar-refractivity contribution in [2.75, 3.05) is 4.90 Å². The van der Waals surface area contributed by atoms with E-state index in [-0.39, 0.29) is 0 Å². The highest BCUT2D eigenvalue weighted by Gasteiger charge is 2.48. The Morgan fingerprint density at radius 1 is 0.274 bits per heavy atom. The molecular weight excluding hydrogens is 763 g/mol. The average molecular weight is 802 g/mol. The lowest BCUT2D eigenvalue weighted by molar-refractivity contribution is 1.30. The molecule has 0 aromatic heterocycles. The van der Waals surface area contributed by atoms with Crippen molar-refractivity contribution in [2.45, 2.75) is 0 Å². The van der Waals surface area contributed by atoms with E-state index >= 15 is 0 Å². The molecule has 0 fully saturated rings. The van der Waals surface area contributed by atoms with Crippen LogP contribution in [0.25, 0.3) is 76.1 Å². The SMILES string of the molecule is c1ccc(N(c2ccc3c(c2)[Si](c2ccccc2)(c2ccccc2)c2ccccc2-3)c2cc3ccc4cc(-c5cc6ccccc6c6ccccc56)cc5ccc(c2)c3c45)cc1. The monoisotopic (exact) mass is 801 g/mol. The zero-order chi connectivity index (χ0) is 40.8. The lowest BCUT2D eigenvalue weighted by atomic mass is 9.88. The summed E-state index contributed by atoms with van der Waals surface area (Å²) in [7, 11) is -2.69. The van der Waals surface area contributed by atoms with Gasteiger partial charge in [-0.3, -0.25) is 0 Å². The fourth-order valence-corrected chi connectivity index (χ4v) is 16.2. The smallest absolute Gasteiger partial charge is 0.180 e. The van der Waals surface area contributed by atoms with Gasteiger partial charge in [-0.2, -0.15) is 0 Å². The summed E-state index contributed by atoms with van der Waals surface area (Å²) in [6, 6.07) is 88.8. The molecule has 13 rings (SSSR count). The summed E-state index contributed by atoms with van der Waals surface area (Å²) in [6.07, 6.45) is 0. The first kappa shape index (κ1) is 35.0. The lowest BCUT2D eigenvalue weighted by Gasteiger charge is -2.33. The van der Waals surface area contributed by atoms with Crippen LogP contribution in [-0.4, -0.2) is 8.07 Å². The topological polar surface area (TPSA) is 3.24 Å². The van der Waals surface area contributed by atoms with Gasteiger partial charge in [0.1, 0.15) is 0 Å². The Kier molecular flexibility index (Phi) is 7.69. The maximum atomic E-state index is 2.52. The van der Waals surface area contributed by atoms with Gasteiger partial charge in [-0.15, -0.1) is 0 Å². The fraction of sp³-hybridized carbons (Fsp3) is 0. The van der Waals surface area contributed by atoms with Crippen molar-refractivity contribution in [2.24, 2.45) is 0 Å². The molecule has 0 saturated carbocycles. The number of hydrogen-bond donors (Lipinski definition) is 0. The van der Waals surface area contributed by atoms with Crippen LogP contribution >= 0.6 is 0 Å². The second-order valence-corrected chi connectivity index (χ2v) is 20.5. The van der Waals surface area contributed by atoms with Gasteiger partial charge in [-0.1, -0.05) is 182 Å². The highest BCUT2D eigenvalue weighted by Crippen LogP contribution is 2.44. The van der Waals surface area contributed by atoms with Crippen LogP contribution in [0.3, 0.4) is 0 Å². The maximum Gasteiger partial charge on any atom is 0.180 e. The van der Waals surface area contributed by atoms with Crippen LogP contribution in [-0.2, 0) is 0 Å². The van der Waals surface area contributed by atoms with E-state index in [2.05, 4.69) is 241 Å². The average Bonchev–Trinajstić information content (AvgIpc) is 3.64. The first-order chi connectivity index (χ1) is 30.7. The van der Waals surface area contributed by atoms with Crippen LogP contribution in [0.4, 0.5) is 17.1 Å². The molecule has 0 spiro atoms.